The minimum atomic E-state index is 0.0500. The topological polar surface area (TPSA) is 38.5 Å². The minimum absolute atomic E-state index is 0.0500. The van der Waals surface area contributed by atoms with E-state index >= 15 is 0 Å². The monoisotopic (exact) mass is 222 g/mol. The predicted octanol–water partition coefficient (Wildman–Crippen LogP) is 1.57. The number of aryl methyl sites for hydroxylation is 2. The van der Waals surface area contributed by atoms with Gasteiger partial charge in [0.05, 0.1) is 6.04 Å². The summed E-state index contributed by atoms with van der Waals surface area (Å²) in [5, 5.41) is 0. The summed E-state index contributed by atoms with van der Waals surface area (Å²) < 4.78 is 5.78. The minimum Gasteiger partial charge on any atom is -0.491 e. The van der Waals surface area contributed by atoms with E-state index in [1.165, 1.54) is 0 Å². The fourth-order valence-electron chi connectivity index (χ4n) is 1.74. The molecule has 0 aliphatic rings. The van der Waals surface area contributed by atoms with Crippen molar-refractivity contribution in [2.24, 2.45) is 5.73 Å². The molecule has 3 heteroatoms. The highest BCUT2D eigenvalue weighted by Gasteiger charge is 2.07. The highest BCUT2D eigenvalue weighted by Crippen LogP contribution is 2.22. The molecule has 0 aliphatic heterocycles. The summed E-state index contributed by atoms with van der Waals surface area (Å²) in [6.45, 7) is 5.51. The lowest BCUT2D eigenvalue weighted by atomic mass is 10.1. The zero-order valence-electron chi connectivity index (χ0n) is 10.7. The van der Waals surface area contributed by atoms with E-state index in [1.807, 2.05) is 20.2 Å². The van der Waals surface area contributed by atoms with Crippen molar-refractivity contribution in [2.75, 3.05) is 27.2 Å². The van der Waals surface area contributed by atoms with Gasteiger partial charge in [0.15, 0.2) is 0 Å². The average molecular weight is 222 g/mol. The predicted molar refractivity (Wildman–Crippen MR) is 67.9 cm³/mol. The molecule has 1 aromatic rings. The van der Waals surface area contributed by atoms with Crippen molar-refractivity contribution in [2.45, 2.75) is 19.9 Å². The van der Waals surface area contributed by atoms with Gasteiger partial charge in [-0.05, 0) is 39.1 Å². The second kappa shape index (κ2) is 5.87. The van der Waals surface area contributed by atoms with Crippen molar-refractivity contribution < 1.29 is 4.74 Å². The van der Waals surface area contributed by atoms with Crippen LogP contribution in [0.5, 0.6) is 5.75 Å². The molecule has 0 heterocycles. The first-order valence-corrected chi connectivity index (χ1v) is 5.60. The van der Waals surface area contributed by atoms with E-state index in [-0.39, 0.29) is 6.04 Å². The molecular formula is C13H22N2O. The van der Waals surface area contributed by atoms with Crippen LogP contribution in [0, 0.1) is 13.8 Å². The van der Waals surface area contributed by atoms with Crippen molar-refractivity contribution in [3.05, 3.63) is 29.3 Å². The molecular weight excluding hydrogens is 200 g/mol. The molecule has 16 heavy (non-hydrogen) atoms. The van der Waals surface area contributed by atoms with Crippen LogP contribution in [-0.4, -0.2) is 38.2 Å². The van der Waals surface area contributed by atoms with Gasteiger partial charge in [-0.3, -0.25) is 0 Å². The van der Waals surface area contributed by atoms with Crippen molar-refractivity contribution in [3.8, 4) is 5.75 Å². The van der Waals surface area contributed by atoms with Crippen LogP contribution in [-0.2, 0) is 0 Å². The van der Waals surface area contributed by atoms with Gasteiger partial charge < -0.3 is 15.4 Å². The van der Waals surface area contributed by atoms with Gasteiger partial charge in [-0.15, -0.1) is 0 Å². The Morgan fingerprint density at radius 2 is 1.81 bits per heavy atom. The lowest BCUT2D eigenvalue weighted by Crippen LogP contribution is -2.38. The molecule has 0 aromatic heterocycles. The maximum Gasteiger partial charge on any atom is 0.125 e. The molecule has 0 bridgehead atoms. The molecule has 1 aromatic carbocycles. The van der Waals surface area contributed by atoms with Gasteiger partial charge in [-0.25, -0.2) is 0 Å². The largest absolute Gasteiger partial charge is 0.491 e. The van der Waals surface area contributed by atoms with E-state index in [0.29, 0.717) is 6.61 Å². The molecule has 0 aliphatic carbocycles. The molecule has 2 N–H and O–H groups in total. The maximum atomic E-state index is 5.96. The maximum absolute atomic E-state index is 5.96. The Morgan fingerprint density at radius 1 is 1.25 bits per heavy atom. The number of nitrogens with two attached hydrogens (primary N) is 1. The van der Waals surface area contributed by atoms with E-state index in [1.54, 1.807) is 0 Å². The number of hydrogen-bond donors (Lipinski definition) is 1. The van der Waals surface area contributed by atoms with Crippen LogP contribution in [0.25, 0.3) is 0 Å². The van der Waals surface area contributed by atoms with Crippen molar-refractivity contribution >= 4 is 0 Å². The Kier molecular flexibility index (Phi) is 4.77. The van der Waals surface area contributed by atoms with Gasteiger partial charge in [0, 0.05) is 6.54 Å². The van der Waals surface area contributed by atoms with E-state index in [4.69, 9.17) is 10.5 Å². The van der Waals surface area contributed by atoms with Crippen LogP contribution in [0.1, 0.15) is 11.1 Å². The molecule has 1 atom stereocenters. The van der Waals surface area contributed by atoms with E-state index < -0.39 is 0 Å². The Morgan fingerprint density at radius 3 is 2.31 bits per heavy atom. The second-order valence-corrected chi connectivity index (χ2v) is 4.55. The number of nitrogens with zero attached hydrogens (tertiary/aromatic N) is 1. The summed E-state index contributed by atoms with van der Waals surface area (Å²) in [7, 11) is 4.03. The second-order valence-electron chi connectivity index (χ2n) is 4.55. The summed E-state index contributed by atoms with van der Waals surface area (Å²) in [6, 6.07) is 6.20. The fourth-order valence-corrected chi connectivity index (χ4v) is 1.74. The van der Waals surface area contributed by atoms with Gasteiger partial charge in [-0.2, -0.15) is 0 Å². The van der Waals surface area contributed by atoms with Crippen molar-refractivity contribution in [3.63, 3.8) is 0 Å². The summed E-state index contributed by atoms with van der Waals surface area (Å²) in [5.41, 5.74) is 8.28. The van der Waals surface area contributed by atoms with Gasteiger partial charge >= 0.3 is 0 Å². The Balaban J connectivity index is 2.54. The van der Waals surface area contributed by atoms with Crippen LogP contribution in [0.3, 0.4) is 0 Å². The standard InChI is InChI=1S/C13H22N2O/c1-10-6-5-7-11(2)13(10)16-9-12(14)8-15(3)4/h5-7,12H,8-9,14H2,1-4H3. The molecule has 0 saturated carbocycles. The zero-order valence-corrected chi connectivity index (χ0v) is 10.7. The zero-order chi connectivity index (χ0) is 12.1. The van der Waals surface area contributed by atoms with Crippen LogP contribution in [0.2, 0.25) is 0 Å². The quantitative estimate of drug-likeness (QED) is 0.822. The highest BCUT2D eigenvalue weighted by atomic mass is 16.5. The first-order chi connectivity index (χ1) is 7.50. The van der Waals surface area contributed by atoms with E-state index in [9.17, 15) is 0 Å². The summed E-state index contributed by atoms with van der Waals surface area (Å²) in [5.74, 6) is 0.969. The molecule has 0 spiro atoms. The molecule has 1 rings (SSSR count). The number of para-hydroxylation sites is 1. The molecule has 0 fully saturated rings. The van der Waals surface area contributed by atoms with E-state index in [0.717, 1.165) is 23.4 Å². The summed E-state index contributed by atoms with van der Waals surface area (Å²) >= 11 is 0. The van der Waals surface area contributed by atoms with Gasteiger partial charge in [0.1, 0.15) is 12.4 Å². The summed E-state index contributed by atoms with van der Waals surface area (Å²) in [4.78, 5) is 2.07. The normalized spacial score (nSPS) is 12.9. The van der Waals surface area contributed by atoms with Crippen LogP contribution in [0.4, 0.5) is 0 Å². The molecule has 0 radical (unpaired) electrons. The third-order valence-corrected chi connectivity index (χ3v) is 2.45. The molecule has 1 unspecified atom stereocenters. The number of ether oxygens (including phenoxy) is 1. The van der Waals surface area contributed by atoms with Crippen LogP contribution < -0.4 is 10.5 Å². The third kappa shape index (κ3) is 3.83. The Bertz CT molecular complexity index is 316. The summed E-state index contributed by atoms with van der Waals surface area (Å²) in [6.07, 6.45) is 0. The third-order valence-electron chi connectivity index (χ3n) is 2.45. The van der Waals surface area contributed by atoms with Crippen molar-refractivity contribution in [1.82, 2.24) is 4.90 Å². The van der Waals surface area contributed by atoms with Crippen LogP contribution >= 0.6 is 0 Å². The highest BCUT2D eigenvalue weighted by molar-refractivity contribution is 5.39. The lowest BCUT2D eigenvalue weighted by Gasteiger charge is -2.19. The number of likely N-dealkylation sites (N-methyl/N-ethyl adjacent to an activating group) is 1. The SMILES string of the molecule is Cc1cccc(C)c1OCC(N)CN(C)C. The molecule has 90 valence electrons. The molecule has 0 saturated heterocycles. The first kappa shape index (κ1) is 13.0. The van der Waals surface area contributed by atoms with Gasteiger partial charge in [0.25, 0.3) is 0 Å². The number of rotatable bonds is 5. The smallest absolute Gasteiger partial charge is 0.125 e. The first-order valence-electron chi connectivity index (χ1n) is 5.60. The van der Waals surface area contributed by atoms with Crippen LogP contribution in [0.15, 0.2) is 18.2 Å². The Labute approximate surface area is 98.2 Å². The average Bonchev–Trinajstić information content (AvgIpc) is 2.15. The molecule has 3 nitrogen and oxygen atoms in total. The molecule has 0 amide bonds. The van der Waals surface area contributed by atoms with Gasteiger partial charge in [-0.1, -0.05) is 18.2 Å². The van der Waals surface area contributed by atoms with Gasteiger partial charge in [0.2, 0.25) is 0 Å². The number of benzene rings is 1. The van der Waals surface area contributed by atoms with Crippen molar-refractivity contribution in [1.29, 1.82) is 0 Å². The lowest BCUT2D eigenvalue weighted by molar-refractivity contribution is 0.252. The van der Waals surface area contributed by atoms with E-state index in [2.05, 4.69) is 30.9 Å². The fraction of sp³-hybridized carbons (Fsp3) is 0.538. The number of hydrogen-bond acceptors (Lipinski definition) is 3. The Hall–Kier alpha value is -1.06.